The molecule has 1 N–H and O–H groups in total. The Bertz CT molecular complexity index is 305. The molecule has 0 unspecified atom stereocenters. The second kappa shape index (κ2) is 4.53. The third-order valence-electron chi connectivity index (χ3n) is 3.62. The fourth-order valence-corrected chi connectivity index (χ4v) is 2.52. The first-order valence-electron chi connectivity index (χ1n) is 6.27. The average Bonchev–Trinajstić information content (AvgIpc) is 2.53. The van der Waals surface area contributed by atoms with Crippen LogP contribution in [0.25, 0.3) is 0 Å². The number of piperidine rings is 1. The van der Waals surface area contributed by atoms with Gasteiger partial charge in [0.2, 0.25) is 0 Å². The Hall–Kier alpha value is -0.900. The van der Waals surface area contributed by atoms with Crippen LogP contribution in [0.4, 0.5) is 0 Å². The number of likely N-dealkylation sites (N-methyl/N-ethyl adjacent to an activating group) is 1. The molecule has 0 bridgehead atoms. The van der Waals surface area contributed by atoms with E-state index in [1.54, 1.807) is 4.90 Å². The van der Waals surface area contributed by atoms with Gasteiger partial charge in [-0.25, -0.2) is 0 Å². The molecule has 90 valence electrons. The van der Waals surface area contributed by atoms with Crippen molar-refractivity contribution in [2.24, 2.45) is 4.99 Å². The number of nitrogens with zero attached hydrogens (tertiary/aromatic N) is 2. The van der Waals surface area contributed by atoms with Crippen LogP contribution in [0.2, 0.25) is 0 Å². The van der Waals surface area contributed by atoms with E-state index in [-0.39, 0.29) is 5.91 Å². The highest BCUT2D eigenvalue weighted by Crippen LogP contribution is 2.31. The fourth-order valence-electron chi connectivity index (χ4n) is 2.52. The molecule has 0 aromatic carbocycles. The summed E-state index contributed by atoms with van der Waals surface area (Å²) in [7, 11) is 1.87. The summed E-state index contributed by atoms with van der Waals surface area (Å²) in [6.45, 7) is 3.98. The molecule has 1 fully saturated rings. The lowest BCUT2D eigenvalue weighted by Gasteiger charge is -2.29. The maximum absolute atomic E-state index is 12.2. The van der Waals surface area contributed by atoms with Crippen LogP contribution < -0.4 is 5.32 Å². The van der Waals surface area contributed by atoms with Crippen molar-refractivity contribution in [2.75, 3.05) is 20.1 Å². The molecule has 4 heteroatoms. The van der Waals surface area contributed by atoms with Gasteiger partial charge in [-0.05, 0) is 32.4 Å². The third kappa shape index (κ3) is 1.86. The number of carbonyl (C=O) groups excluding carboxylic acids is 1. The van der Waals surface area contributed by atoms with E-state index in [9.17, 15) is 4.79 Å². The van der Waals surface area contributed by atoms with Gasteiger partial charge in [0.1, 0.15) is 11.4 Å². The van der Waals surface area contributed by atoms with Gasteiger partial charge in [0, 0.05) is 13.5 Å². The number of unbranched alkanes of at least 4 members (excludes halogenated alkanes) is 1. The molecule has 1 spiro atoms. The average molecular weight is 223 g/mol. The molecule has 4 nitrogen and oxygen atoms in total. The Labute approximate surface area is 97.1 Å². The summed E-state index contributed by atoms with van der Waals surface area (Å²) in [5.41, 5.74) is -0.414. The highest BCUT2D eigenvalue weighted by Gasteiger charge is 2.46. The summed E-state index contributed by atoms with van der Waals surface area (Å²) in [5, 5.41) is 3.29. The van der Waals surface area contributed by atoms with Crippen LogP contribution in [0.1, 0.15) is 39.0 Å². The zero-order chi connectivity index (χ0) is 11.6. The van der Waals surface area contributed by atoms with E-state index in [2.05, 4.69) is 12.2 Å². The minimum absolute atomic E-state index is 0.208. The van der Waals surface area contributed by atoms with Crippen LogP contribution in [0, 0.1) is 0 Å². The van der Waals surface area contributed by atoms with E-state index in [0.717, 1.165) is 51.0 Å². The first-order valence-corrected chi connectivity index (χ1v) is 6.27. The lowest BCUT2D eigenvalue weighted by Crippen LogP contribution is -2.47. The van der Waals surface area contributed by atoms with Crippen molar-refractivity contribution in [3.05, 3.63) is 0 Å². The molecule has 16 heavy (non-hydrogen) atoms. The van der Waals surface area contributed by atoms with Gasteiger partial charge >= 0.3 is 0 Å². The van der Waals surface area contributed by atoms with Crippen LogP contribution in [0.5, 0.6) is 0 Å². The van der Waals surface area contributed by atoms with E-state index >= 15 is 0 Å². The molecule has 0 aliphatic carbocycles. The molecule has 0 saturated carbocycles. The van der Waals surface area contributed by atoms with Crippen molar-refractivity contribution in [3.63, 3.8) is 0 Å². The van der Waals surface area contributed by atoms with Gasteiger partial charge in [0.05, 0.1) is 0 Å². The van der Waals surface area contributed by atoms with Gasteiger partial charge in [-0.1, -0.05) is 13.3 Å². The lowest BCUT2D eigenvalue weighted by molar-refractivity contribution is -0.131. The number of aliphatic imine (C=N–C) groups is 1. The van der Waals surface area contributed by atoms with E-state index in [0.29, 0.717) is 0 Å². The van der Waals surface area contributed by atoms with Crippen molar-refractivity contribution in [1.29, 1.82) is 0 Å². The van der Waals surface area contributed by atoms with Gasteiger partial charge in [0.15, 0.2) is 0 Å². The number of rotatable bonds is 3. The Morgan fingerprint density at radius 3 is 2.75 bits per heavy atom. The quantitative estimate of drug-likeness (QED) is 0.780. The Balaban J connectivity index is 2.14. The second-order valence-electron chi connectivity index (χ2n) is 4.78. The Kier molecular flexibility index (Phi) is 3.28. The van der Waals surface area contributed by atoms with E-state index in [4.69, 9.17) is 4.99 Å². The van der Waals surface area contributed by atoms with E-state index < -0.39 is 5.54 Å². The van der Waals surface area contributed by atoms with Crippen LogP contribution in [0.15, 0.2) is 4.99 Å². The van der Waals surface area contributed by atoms with Gasteiger partial charge in [-0.15, -0.1) is 0 Å². The molecular weight excluding hydrogens is 202 g/mol. The maximum atomic E-state index is 12.2. The van der Waals surface area contributed by atoms with Gasteiger partial charge in [-0.3, -0.25) is 9.79 Å². The summed E-state index contributed by atoms with van der Waals surface area (Å²) in [5.74, 6) is 1.20. The summed E-state index contributed by atoms with van der Waals surface area (Å²) in [4.78, 5) is 18.7. The standard InChI is InChI=1S/C12H21N3O/c1-3-4-5-10-14-12(11(16)15(10)2)6-8-13-9-7-12/h13H,3-9H2,1-2H3. The van der Waals surface area contributed by atoms with Crippen molar-refractivity contribution in [1.82, 2.24) is 10.2 Å². The minimum atomic E-state index is -0.414. The molecule has 2 aliphatic rings. The van der Waals surface area contributed by atoms with Crippen molar-refractivity contribution in [2.45, 2.75) is 44.6 Å². The first kappa shape index (κ1) is 11.6. The van der Waals surface area contributed by atoms with Gasteiger partial charge in [-0.2, -0.15) is 0 Å². The molecule has 2 heterocycles. The Morgan fingerprint density at radius 2 is 2.12 bits per heavy atom. The van der Waals surface area contributed by atoms with Crippen molar-refractivity contribution >= 4 is 11.7 Å². The lowest BCUT2D eigenvalue weighted by atomic mass is 9.89. The van der Waals surface area contributed by atoms with Gasteiger partial charge < -0.3 is 10.2 Å². The number of carbonyl (C=O) groups is 1. The largest absolute Gasteiger partial charge is 0.317 e. The molecule has 0 aromatic rings. The summed E-state index contributed by atoms with van der Waals surface area (Å²) in [6, 6.07) is 0. The SMILES string of the molecule is CCCCC1=NC2(CCNCC2)C(=O)N1C. The smallest absolute Gasteiger partial charge is 0.255 e. The number of hydrogen-bond donors (Lipinski definition) is 1. The molecule has 0 aromatic heterocycles. The fraction of sp³-hybridized carbons (Fsp3) is 0.833. The Morgan fingerprint density at radius 1 is 1.44 bits per heavy atom. The molecule has 0 radical (unpaired) electrons. The van der Waals surface area contributed by atoms with Crippen LogP contribution in [-0.2, 0) is 4.79 Å². The second-order valence-corrected chi connectivity index (χ2v) is 4.78. The van der Waals surface area contributed by atoms with Crippen LogP contribution >= 0.6 is 0 Å². The number of amidine groups is 1. The van der Waals surface area contributed by atoms with Crippen molar-refractivity contribution < 1.29 is 4.79 Å². The van der Waals surface area contributed by atoms with E-state index in [1.807, 2.05) is 7.05 Å². The zero-order valence-electron chi connectivity index (χ0n) is 10.3. The predicted octanol–water partition coefficient (Wildman–Crippen LogP) is 1.17. The molecule has 0 atom stereocenters. The van der Waals surface area contributed by atoms with Crippen molar-refractivity contribution in [3.8, 4) is 0 Å². The van der Waals surface area contributed by atoms with E-state index in [1.165, 1.54) is 0 Å². The molecule has 1 saturated heterocycles. The topological polar surface area (TPSA) is 44.7 Å². The number of hydrogen-bond acceptors (Lipinski definition) is 3. The highest BCUT2D eigenvalue weighted by atomic mass is 16.2. The zero-order valence-corrected chi connectivity index (χ0v) is 10.3. The molecular formula is C12H21N3O. The maximum Gasteiger partial charge on any atom is 0.255 e. The van der Waals surface area contributed by atoms with Crippen LogP contribution in [-0.4, -0.2) is 42.3 Å². The number of nitrogens with one attached hydrogen (secondary N) is 1. The monoisotopic (exact) mass is 223 g/mol. The molecule has 2 aliphatic heterocycles. The summed E-state index contributed by atoms with van der Waals surface area (Å²) >= 11 is 0. The third-order valence-corrected chi connectivity index (χ3v) is 3.62. The summed E-state index contributed by atoms with van der Waals surface area (Å²) in [6.07, 6.45) is 4.91. The predicted molar refractivity (Wildman–Crippen MR) is 64.6 cm³/mol. The van der Waals surface area contributed by atoms with Crippen LogP contribution in [0.3, 0.4) is 0 Å². The summed E-state index contributed by atoms with van der Waals surface area (Å²) < 4.78 is 0. The number of amides is 1. The first-order chi connectivity index (χ1) is 7.69. The highest BCUT2D eigenvalue weighted by molar-refractivity contribution is 6.08. The molecule has 2 rings (SSSR count). The van der Waals surface area contributed by atoms with Gasteiger partial charge in [0.25, 0.3) is 5.91 Å². The minimum Gasteiger partial charge on any atom is -0.317 e. The normalized spacial score (nSPS) is 24.0. The molecule has 1 amide bonds.